The van der Waals surface area contributed by atoms with Crippen LogP contribution in [-0.4, -0.2) is 19.3 Å². The lowest BCUT2D eigenvalue weighted by Gasteiger charge is -2.12. The van der Waals surface area contributed by atoms with Gasteiger partial charge < -0.3 is 9.47 Å². The third-order valence-corrected chi connectivity index (χ3v) is 2.03. The van der Waals surface area contributed by atoms with E-state index < -0.39 is 0 Å². The van der Waals surface area contributed by atoms with Crippen LogP contribution in [0.25, 0.3) is 0 Å². The number of unbranched alkanes of at least 4 members (excludes halogenated alkanes) is 2. The van der Waals surface area contributed by atoms with Crippen molar-refractivity contribution in [3.05, 3.63) is 12.3 Å². The van der Waals surface area contributed by atoms with Gasteiger partial charge in [-0.3, -0.25) is 0 Å². The predicted octanol–water partition coefficient (Wildman–Crippen LogP) is 3.52. The van der Waals surface area contributed by atoms with Crippen molar-refractivity contribution in [2.45, 2.75) is 52.6 Å². The van der Waals surface area contributed by atoms with Crippen LogP contribution in [0.5, 0.6) is 0 Å². The molecule has 1 atom stereocenters. The molecule has 14 heavy (non-hydrogen) atoms. The highest BCUT2D eigenvalue weighted by molar-refractivity contribution is 4.84. The van der Waals surface area contributed by atoms with Crippen molar-refractivity contribution < 1.29 is 9.47 Å². The standard InChI is InChI=1S/C12H24O2/c1-4-7-8-9-12(14-6-3)10-11-13-5-2/h10-12H,4-9H2,1-3H3. The fourth-order valence-corrected chi connectivity index (χ4v) is 1.28. The molecule has 0 saturated heterocycles. The molecule has 0 aliphatic heterocycles. The van der Waals surface area contributed by atoms with E-state index in [0.29, 0.717) is 0 Å². The molecular weight excluding hydrogens is 176 g/mol. The van der Waals surface area contributed by atoms with Crippen molar-refractivity contribution in [1.82, 2.24) is 0 Å². The van der Waals surface area contributed by atoms with Crippen molar-refractivity contribution >= 4 is 0 Å². The van der Waals surface area contributed by atoms with E-state index in [4.69, 9.17) is 9.47 Å². The molecule has 0 saturated carbocycles. The smallest absolute Gasteiger partial charge is 0.0845 e. The van der Waals surface area contributed by atoms with Gasteiger partial charge in [0.05, 0.1) is 19.0 Å². The van der Waals surface area contributed by atoms with Crippen LogP contribution >= 0.6 is 0 Å². The van der Waals surface area contributed by atoms with Crippen LogP contribution in [0, 0.1) is 0 Å². The monoisotopic (exact) mass is 200 g/mol. The zero-order chi connectivity index (χ0) is 10.6. The minimum Gasteiger partial charge on any atom is -0.502 e. The average molecular weight is 200 g/mol. The van der Waals surface area contributed by atoms with Crippen LogP contribution in [0.4, 0.5) is 0 Å². The van der Waals surface area contributed by atoms with Crippen LogP contribution in [0.1, 0.15) is 46.5 Å². The Kier molecular flexibility index (Phi) is 10.2. The second kappa shape index (κ2) is 10.6. The molecule has 2 heteroatoms. The lowest BCUT2D eigenvalue weighted by atomic mass is 10.1. The highest BCUT2D eigenvalue weighted by Crippen LogP contribution is 2.08. The number of ether oxygens (including phenoxy) is 2. The summed E-state index contributed by atoms with van der Waals surface area (Å²) >= 11 is 0. The Labute approximate surface area is 88.3 Å². The molecule has 0 N–H and O–H groups in total. The number of hydrogen-bond donors (Lipinski definition) is 0. The molecule has 0 aromatic carbocycles. The van der Waals surface area contributed by atoms with E-state index >= 15 is 0 Å². The molecule has 0 aromatic heterocycles. The first-order valence-electron chi connectivity index (χ1n) is 5.74. The van der Waals surface area contributed by atoms with Crippen LogP contribution in [-0.2, 0) is 9.47 Å². The van der Waals surface area contributed by atoms with Crippen molar-refractivity contribution in [2.24, 2.45) is 0 Å². The van der Waals surface area contributed by atoms with Crippen LogP contribution in [0.3, 0.4) is 0 Å². The van der Waals surface area contributed by atoms with Gasteiger partial charge in [0.15, 0.2) is 0 Å². The third-order valence-electron chi connectivity index (χ3n) is 2.03. The van der Waals surface area contributed by atoms with Gasteiger partial charge in [-0.25, -0.2) is 0 Å². The summed E-state index contributed by atoms with van der Waals surface area (Å²) in [5.74, 6) is 0. The summed E-state index contributed by atoms with van der Waals surface area (Å²) in [6, 6.07) is 0. The zero-order valence-electron chi connectivity index (χ0n) is 9.79. The summed E-state index contributed by atoms with van der Waals surface area (Å²) < 4.78 is 10.7. The molecular formula is C12H24O2. The van der Waals surface area contributed by atoms with E-state index in [9.17, 15) is 0 Å². The fraction of sp³-hybridized carbons (Fsp3) is 0.833. The summed E-state index contributed by atoms with van der Waals surface area (Å²) in [5.41, 5.74) is 0. The van der Waals surface area contributed by atoms with Gasteiger partial charge in [0.1, 0.15) is 0 Å². The van der Waals surface area contributed by atoms with E-state index in [2.05, 4.69) is 6.92 Å². The van der Waals surface area contributed by atoms with Crippen molar-refractivity contribution in [3.8, 4) is 0 Å². The Hall–Kier alpha value is -0.500. The Bertz CT molecular complexity index is 132. The second-order valence-electron chi connectivity index (χ2n) is 3.27. The summed E-state index contributed by atoms with van der Waals surface area (Å²) in [5, 5.41) is 0. The minimum absolute atomic E-state index is 0.234. The Morgan fingerprint density at radius 3 is 2.43 bits per heavy atom. The maximum atomic E-state index is 5.57. The van der Waals surface area contributed by atoms with E-state index in [1.165, 1.54) is 19.3 Å². The van der Waals surface area contributed by atoms with Gasteiger partial charge in [0.2, 0.25) is 0 Å². The largest absolute Gasteiger partial charge is 0.502 e. The van der Waals surface area contributed by atoms with Crippen LogP contribution < -0.4 is 0 Å². The molecule has 0 heterocycles. The highest BCUT2D eigenvalue weighted by atomic mass is 16.5. The lowest BCUT2D eigenvalue weighted by molar-refractivity contribution is 0.0858. The number of rotatable bonds is 9. The van der Waals surface area contributed by atoms with Crippen molar-refractivity contribution in [2.75, 3.05) is 13.2 Å². The molecule has 0 aliphatic carbocycles. The van der Waals surface area contributed by atoms with Crippen LogP contribution in [0.15, 0.2) is 12.3 Å². The minimum atomic E-state index is 0.234. The van der Waals surface area contributed by atoms with E-state index in [-0.39, 0.29) is 6.10 Å². The molecule has 0 spiro atoms. The van der Waals surface area contributed by atoms with Gasteiger partial charge in [0, 0.05) is 6.61 Å². The van der Waals surface area contributed by atoms with Gasteiger partial charge >= 0.3 is 0 Å². The van der Waals surface area contributed by atoms with Crippen LogP contribution in [0.2, 0.25) is 0 Å². The topological polar surface area (TPSA) is 18.5 Å². The Morgan fingerprint density at radius 1 is 1.07 bits per heavy atom. The van der Waals surface area contributed by atoms with Gasteiger partial charge in [-0.1, -0.05) is 26.2 Å². The second-order valence-corrected chi connectivity index (χ2v) is 3.27. The Balaban J connectivity index is 3.64. The predicted molar refractivity (Wildman–Crippen MR) is 60.3 cm³/mol. The zero-order valence-corrected chi connectivity index (χ0v) is 9.79. The van der Waals surface area contributed by atoms with Crippen molar-refractivity contribution in [3.63, 3.8) is 0 Å². The first kappa shape index (κ1) is 13.5. The normalized spacial score (nSPS) is 13.4. The molecule has 0 aromatic rings. The van der Waals surface area contributed by atoms with E-state index in [1.54, 1.807) is 6.26 Å². The highest BCUT2D eigenvalue weighted by Gasteiger charge is 2.02. The summed E-state index contributed by atoms with van der Waals surface area (Å²) in [7, 11) is 0. The molecule has 1 unspecified atom stereocenters. The maximum absolute atomic E-state index is 5.57. The van der Waals surface area contributed by atoms with Crippen molar-refractivity contribution in [1.29, 1.82) is 0 Å². The molecule has 0 bridgehead atoms. The summed E-state index contributed by atoms with van der Waals surface area (Å²) in [4.78, 5) is 0. The molecule has 0 rings (SSSR count). The quantitative estimate of drug-likeness (QED) is 0.419. The first-order chi connectivity index (χ1) is 6.85. The SMILES string of the molecule is CCCCCC(C=COCC)OCC. The number of hydrogen-bond acceptors (Lipinski definition) is 2. The van der Waals surface area contributed by atoms with Gasteiger partial charge in [-0.15, -0.1) is 0 Å². The maximum Gasteiger partial charge on any atom is 0.0845 e. The molecule has 0 fully saturated rings. The van der Waals surface area contributed by atoms with Gasteiger partial charge in [-0.2, -0.15) is 0 Å². The lowest BCUT2D eigenvalue weighted by Crippen LogP contribution is -2.09. The van der Waals surface area contributed by atoms with E-state index in [0.717, 1.165) is 19.6 Å². The summed E-state index contributed by atoms with van der Waals surface area (Å²) in [6.07, 6.45) is 8.89. The Morgan fingerprint density at radius 2 is 1.86 bits per heavy atom. The molecule has 84 valence electrons. The molecule has 2 nitrogen and oxygen atoms in total. The molecule has 0 amide bonds. The fourth-order valence-electron chi connectivity index (χ4n) is 1.28. The van der Waals surface area contributed by atoms with E-state index in [1.807, 2.05) is 19.9 Å². The summed E-state index contributed by atoms with van der Waals surface area (Å²) in [6.45, 7) is 7.72. The molecule has 0 radical (unpaired) electrons. The first-order valence-corrected chi connectivity index (χ1v) is 5.74. The third kappa shape index (κ3) is 8.11. The molecule has 0 aliphatic rings. The van der Waals surface area contributed by atoms with Gasteiger partial charge in [-0.05, 0) is 26.3 Å². The average Bonchev–Trinajstić information content (AvgIpc) is 2.18. The van der Waals surface area contributed by atoms with Gasteiger partial charge in [0.25, 0.3) is 0 Å².